The molecule has 0 spiro atoms. The number of esters is 1. The van der Waals surface area contributed by atoms with Crippen LogP contribution in [0.4, 0.5) is 0 Å². The zero-order valence-electron chi connectivity index (χ0n) is 15.9. The molecule has 1 N–H and O–H groups in total. The van der Waals surface area contributed by atoms with E-state index in [4.69, 9.17) is 4.74 Å². The van der Waals surface area contributed by atoms with Crippen LogP contribution >= 0.6 is 15.9 Å². The highest BCUT2D eigenvalue weighted by Gasteiger charge is 2.69. The van der Waals surface area contributed by atoms with Crippen molar-refractivity contribution in [3.8, 4) is 0 Å². The summed E-state index contributed by atoms with van der Waals surface area (Å²) in [6, 6.07) is 0. The fraction of sp³-hybridized carbons (Fsp3) is 0.810. The summed E-state index contributed by atoms with van der Waals surface area (Å²) in [7, 11) is 0. The highest BCUT2D eigenvalue weighted by atomic mass is 79.9. The van der Waals surface area contributed by atoms with Crippen molar-refractivity contribution in [1.29, 1.82) is 0 Å². The Kier molecular flexibility index (Phi) is 4.24. The number of alkyl halides is 1. The minimum atomic E-state index is -1.44. The highest BCUT2D eigenvalue weighted by molar-refractivity contribution is 9.09. The molecule has 0 bridgehead atoms. The highest BCUT2D eigenvalue weighted by Crippen LogP contribution is 2.68. The van der Waals surface area contributed by atoms with Crippen molar-refractivity contribution < 1.29 is 19.4 Å². The van der Waals surface area contributed by atoms with Crippen LogP contribution in [0.15, 0.2) is 11.6 Å². The number of allylic oxidation sites excluding steroid dienone is 1. The Morgan fingerprint density at radius 1 is 1.23 bits per heavy atom. The van der Waals surface area contributed by atoms with Crippen molar-refractivity contribution >= 4 is 27.7 Å². The zero-order chi connectivity index (χ0) is 18.9. The average Bonchev–Trinajstić information content (AvgIpc) is 2.75. The topological polar surface area (TPSA) is 63.6 Å². The minimum Gasteiger partial charge on any atom is -0.432 e. The smallest absolute Gasteiger partial charge is 0.305 e. The number of aliphatic hydroxyl groups is 1. The van der Waals surface area contributed by atoms with Crippen LogP contribution in [0.5, 0.6) is 0 Å². The fourth-order valence-electron chi connectivity index (χ4n) is 6.90. The Hall–Kier alpha value is -0.680. The Balaban J connectivity index is 1.69. The lowest BCUT2D eigenvalue weighted by Gasteiger charge is -2.58. The van der Waals surface area contributed by atoms with E-state index in [-0.39, 0.29) is 16.0 Å². The van der Waals surface area contributed by atoms with Gasteiger partial charge >= 0.3 is 5.97 Å². The molecule has 4 aliphatic rings. The summed E-state index contributed by atoms with van der Waals surface area (Å²) in [6.07, 6.45) is 8.27. The van der Waals surface area contributed by atoms with Gasteiger partial charge in [0.05, 0.1) is 4.83 Å². The molecule has 144 valence electrons. The average molecular weight is 425 g/mol. The van der Waals surface area contributed by atoms with Crippen molar-refractivity contribution in [2.45, 2.75) is 76.3 Å². The van der Waals surface area contributed by atoms with Gasteiger partial charge in [0.15, 0.2) is 5.78 Å². The first-order valence-electron chi connectivity index (χ1n) is 9.92. The van der Waals surface area contributed by atoms with Gasteiger partial charge in [-0.2, -0.15) is 0 Å². The predicted octanol–water partition coefficient (Wildman–Crippen LogP) is 4.14. The molecule has 4 rings (SSSR count). The molecule has 0 unspecified atom stereocenters. The SMILES string of the molecule is CC(=O)O[C@@]1(O)[C@@H](Br)C[C@H]2[C@@H]3CCC4=CC(=O)CC[C@]4(C)[C@H]3CC[C@@]21C. The Morgan fingerprint density at radius 2 is 1.96 bits per heavy atom. The van der Waals surface area contributed by atoms with Gasteiger partial charge in [-0.25, -0.2) is 0 Å². The number of carbonyl (C=O) groups is 2. The maximum atomic E-state index is 11.9. The summed E-state index contributed by atoms with van der Waals surface area (Å²) >= 11 is 3.64. The first-order valence-corrected chi connectivity index (χ1v) is 10.8. The Bertz CT molecular complexity index is 687. The van der Waals surface area contributed by atoms with Gasteiger partial charge in [0.1, 0.15) is 0 Å². The second-order valence-corrected chi connectivity index (χ2v) is 10.5. The number of hydrogen-bond donors (Lipinski definition) is 1. The van der Waals surface area contributed by atoms with E-state index in [1.54, 1.807) is 0 Å². The molecule has 0 aromatic heterocycles. The van der Waals surface area contributed by atoms with Crippen LogP contribution in [-0.2, 0) is 14.3 Å². The molecular weight excluding hydrogens is 396 g/mol. The standard InChI is InChI=1S/C21H29BrO4/c1-12(23)26-21(25)18(22)11-17-15-5-4-13-10-14(24)6-8-19(13,2)16(15)7-9-20(17,21)3/h10,15-18,25H,4-9,11H2,1-3H3/t15-,16+,17+,18+,19+,20+,21+/m1/s1. The molecular formula is C21H29BrO4. The largest absolute Gasteiger partial charge is 0.432 e. The monoisotopic (exact) mass is 424 g/mol. The molecule has 0 saturated heterocycles. The van der Waals surface area contributed by atoms with E-state index < -0.39 is 17.2 Å². The summed E-state index contributed by atoms with van der Waals surface area (Å²) in [4.78, 5) is 23.4. The first-order chi connectivity index (χ1) is 12.1. The molecule has 0 radical (unpaired) electrons. The number of rotatable bonds is 1. The zero-order valence-corrected chi connectivity index (χ0v) is 17.5. The summed E-state index contributed by atoms with van der Waals surface area (Å²) < 4.78 is 5.52. The van der Waals surface area contributed by atoms with Crippen LogP contribution < -0.4 is 0 Å². The van der Waals surface area contributed by atoms with Crippen LogP contribution in [0.3, 0.4) is 0 Å². The number of hydrogen-bond acceptors (Lipinski definition) is 4. The number of carbonyl (C=O) groups excluding carboxylic acids is 2. The van der Waals surface area contributed by atoms with Crippen molar-refractivity contribution in [2.24, 2.45) is 28.6 Å². The number of ether oxygens (including phenoxy) is 1. The van der Waals surface area contributed by atoms with E-state index in [0.29, 0.717) is 24.2 Å². The number of fused-ring (bicyclic) bond motifs is 5. The Morgan fingerprint density at radius 3 is 2.65 bits per heavy atom. The van der Waals surface area contributed by atoms with Crippen LogP contribution in [0.2, 0.25) is 0 Å². The second kappa shape index (κ2) is 5.91. The molecule has 0 aromatic rings. The van der Waals surface area contributed by atoms with E-state index in [1.807, 2.05) is 6.08 Å². The molecule has 0 heterocycles. The van der Waals surface area contributed by atoms with Crippen molar-refractivity contribution in [1.82, 2.24) is 0 Å². The lowest BCUT2D eigenvalue weighted by molar-refractivity contribution is -0.260. The molecule has 0 amide bonds. The molecule has 4 aliphatic carbocycles. The quantitative estimate of drug-likeness (QED) is 0.390. The third-order valence-electron chi connectivity index (χ3n) is 8.35. The Labute approximate surface area is 163 Å². The molecule has 4 nitrogen and oxygen atoms in total. The molecule has 26 heavy (non-hydrogen) atoms. The second-order valence-electron chi connectivity index (χ2n) is 9.42. The van der Waals surface area contributed by atoms with E-state index in [1.165, 1.54) is 12.5 Å². The number of ketones is 1. The molecule has 3 fully saturated rings. The summed E-state index contributed by atoms with van der Waals surface area (Å²) in [6.45, 7) is 5.83. The van der Waals surface area contributed by atoms with Gasteiger partial charge in [-0.05, 0) is 67.8 Å². The summed E-state index contributed by atoms with van der Waals surface area (Å²) in [5.41, 5.74) is 1.04. The van der Waals surface area contributed by atoms with E-state index in [0.717, 1.165) is 38.5 Å². The normalized spacial score (nSPS) is 50.3. The summed E-state index contributed by atoms with van der Waals surface area (Å²) in [5.74, 6) is -0.198. The van der Waals surface area contributed by atoms with Gasteiger partial charge < -0.3 is 9.84 Å². The number of halogens is 1. The van der Waals surface area contributed by atoms with Crippen LogP contribution in [-0.4, -0.2) is 27.5 Å². The van der Waals surface area contributed by atoms with Gasteiger partial charge in [0.2, 0.25) is 5.79 Å². The van der Waals surface area contributed by atoms with Crippen molar-refractivity contribution in [2.75, 3.05) is 0 Å². The molecule has 0 aliphatic heterocycles. The molecule has 0 aromatic carbocycles. The lowest BCUT2D eigenvalue weighted by atomic mass is 9.47. The van der Waals surface area contributed by atoms with Crippen LogP contribution in [0.1, 0.15) is 65.7 Å². The van der Waals surface area contributed by atoms with Gasteiger partial charge in [-0.1, -0.05) is 35.4 Å². The van der Waals surface area contributed by atoms with E-state index in [9.17, 15) is 14.7 Å². The van der Waals surface area contributed by atoms with E-state index in [2.05, 4.69) is 29.8 Å². The molecule has 7 atom stereocenters. The maximum absolute atomic E-state index is 11.9. The van der Waals surface area contributed by atoms with Crippen molar-refractivity contribution in [3.63, 3.8) is 0 Å². The van der Waals surface area contributed by atoms with Crippen LogP contribution in [0, 0.1) is 28.6 Å². The fourth-order valence-corrected chi connectivity index (χ4v) is 7.92. The molecule has 5 heteroatoms. The summed E-state index contributed by atoms with van der Waals surface area (Å²) in [5, 5.41) is 11.4. The van der Waals surface area contributed by atoms with Gasteiger partial charge in [0, 0.05) is 18.8 Å². The van der Waals surface area contributed by atoms with Gasteiger partial charge in [-0.15, -0.1) is 0 Å². The third kappa shape index (κ3) is 2.35. The molecule has 3 saturated carbocycles. The maximum Gasteiger partial charge on any atom is 0.305 e. The van der Waals surface area contributed by atoms with E-state index >= 15 is 0 Å². The minimum absolute atomic E-state index is 0.113. The third-order valence-corrected chi connectivity index (χ3v) is 9.35. The van der Waals surface area contributed by atoms with Gasteiger partial charge in [0.25, 0.3) is 0 Å². The van der Waals surface area contributed by atoms with Crippen molar-refractivity contribution in [3.05, 3.63) is 11.6 Å². The van der Waals surface area contributed by atoms with Gasteiger partial charge in [-0.3, -0.25) is 9.59 Å². The first kappa shape index (κ1) is 18.7. The lowest BCUT2D eigenvalue weighted by Crippen LogP contribution is -2.57. The predicted molar refractivity (Wildman–Crippen MR) is 102 cm³/mol. The van der Waals surface area contributed by atoms with Crippen LogP contribution in [0.25, 0.3) is 0 Å².